The zero-order valence-electron chi connectivity index (χ0n) is 13.1. The van der Waals surface area contributed by atoms with Crippen LogP contribution in [0.25, 0.3) is 0 Å². The number of carbonyl (C=O) groups excluding carboxylic acids is 1. The molecule has 21 heavy (non-hydrogen) atoms. The van der Waals surface area contributed by atoms with Crippen molar-refractivity contribution in [2.24, 2.45) is 29.6 Å². The molecule has 0 aromatic rings. The smallest absolute Gasteiger partial charge is 0.226 e. The van der Waals surface area contributed by atoms with Crippen LogP contribution in [0.5, 0.6) is 0 Å². The van der Waals surface area contributed by atoms with Gasteiger partial charge in [0.15, 0.2) is 0 Å². The molecule has 4 bridgehead atoms. The minimum Gasteiger partial charge on any atom is -0.374 e. The summed E-state index contributed by atoms with van der Waals surface area (Å²) >= 11 is 0. The molecule has 5 aliphatic rings. The molecule has 1 saturated heterocycles. The molecule has 4 nitrogen and oxygen atoms in total. The highest BCUT2D eigenvalue weighted by molar-refractivity contribution is 5.79. The summed E-state index contributed by atoms with van der Waals surface area (Å²) in [4.78, 5) is 14.9. The molecule has 1 atom stereocenters. The van der Waals surface area contributed by atoms with Gasteiger partial charge in [-0.05, 0) is 55.8 Å². The van der Waals surface area contributed by atoms with Gasteiger partial charge in [-0.15, -0.1) is 0 Å². The van der Waals surface area contributed by atoms with Crippen LogP contribution in [0.1, 0.15) is 32.1 Å². The summed E-state index contributed by atoms with van der Waals surface area (Å²) < 4.78 is 5.75. The maximum absolute atomic E-state index is 13.0. The summed E-state index contributed by atoms with van der Waals surface area (Å²) in [5, 5.41) is 3.35. The normalized spacial score (nSPS) is 44.8. The van der Waals surface area contributed by atoms with E-state index in [1.807, 2.05) is 11.9 Å². The van der Waals surface area contributed by atoms with E-state index in [1.165, 1.54) is 32.1 Å². The Kier molecular flexibility index (Phi) is 3.70. The highest BCUT2D eigenvalue weighted by Crippen LogP contribution is 2.56. The van der Waals surface area contributed by atoms with Crippen LogP contribution in [0.3, 0.4) is 0 Å². The number of rotatable bonds is 3. The van der Waals surface area contributed by atoms with E-state index in [0.29, 0.717) is 23.7 Å². The number of nitrogens with one attached hydrogen (secondary N) is 1. The minimum atomic E-state index is 0.171. The number of nitrogens with zero attached hydrogens (tertiary/aromatic N) is 1. The molecule has 118 valence electrons. The molecular weight excluding hydrogens is 264 g/mol. The van der Waals surface area contributed by atoms with E-state index in [-0.39, 0.29) is 6.10 Å². The molecule has 1 N–H and O–H groups in total. The number of ether oxygens (including phenoxy) is 1. The van der Waals surface area contributed by atoms with Crippen LogP contribution in [-0.4, -0.2) is 50.2 Å². The van der Waals surface area contributed by atoms with Crippen LogP contribution in [0.2, 0.25) is 0 Å². The van der Waals surface area contributed by atoms with Crippen molar-refractivity contribution >= 4 is 5.91 Å². The zero-order chi connectivity index (χ0) is 14.4. The Bertz CT molecular complexity index is 378. The Morgan fingerprint density at radius 2 is 1.81 bits per heavy atom. The summed E-state index contributed by atoms with van der Waals surface area (Å²) in [5.74, 6) is 3.96. The SMILES string of the molecule is CN(CC1CNCCO1)C(=O)C1C2CC3CC(C2)CC1C3. The van der Waals surface area contributed by atoms with Crippen LogP contribution in [-0.2, 0) is 9.53 Å². The largest absolute Gasteiger partial charge is 0.374 e. The molecule has 4 aliphatic carbocycles. The predicted octanol–water partition coefficient (Wildman–Crippen LogP) is 1.51. The Morgan fingerprint density at radius 3 is 2.38 bits per heavy atom. The van der Waals surface area contributed by atoms with E-state index in [1.54, 1.807) is 0 Å². The van der Waals surface area contributed by atoms with Crippen molar-refractivity contribution in [2.75, 3.05) is 33.3 Å². The predicted molar refractivity (Wildman–Crippen MR) is 80.8 cm³/mol. The second kappa shape index (κ2) is 5.54. The second-order valence-electron chi connectivity index (χ2n) is 7.87. The van der Waals surface area contributed by atoms with Gasteiger partial charge in [0, 0.05) is 32.6 Å². The summed E-state index contributed by atoms with van der Waals surface area (Å²) in [5.41, 5.74) is 0. The Morgan fingerprint density at radius 1 is 1.14 bits per heavy atom. The Labute approximate surface area is 127 Å². The van der Waals surface area contributed by atoms with Gasteiger partial charge in [0.1, 0.15) is 0 Å². The first-order chi connectivity index (χ1) is 10.2. The summed E-state index contributed by atoms with van der Waals surface area (Å²) in [6.45, 7) is 3.32. The molecule has 0 radical (unpaired) electrons. The second-order valence-corrected chi connectivity index (χ2v) is 7.87. The molecule has 1 unspecified atom stereocenters. The monoisotopic (exact) mass is 292 g/mol. The van der Waals surface area contributed by atoms with Crippen molar-refractivity contribution in [2.45, 2.75) is 38.2 Å². The molecule has 0 aromatic heterocycles. The third kappa shape index (κ3) is 2.61. The van der Waals surface area contributed by atoms with Crippen LogP contribution < -0.4 is 5.32 Å². The molecule has 1 amide bonds. The molecule has 5 rings (SSSR count). The fraction of sp³-hybridized carbons (Fsp3) is 0.941. The van der Waals surface area contributed by atoms with Gasteiger partial charge in [-0.1, -0.05) is 0 Å². The lowest BCUT2D eigenvalue weighted by Gasteiger charge is -2.54. The Hall–Kier alpha value is -0.610. The zero-order valence-corrected chi connectivity index (χ0v) is 13.1. The number of morpholine rings is 1. The van der Waals surface area contributed by atoms with Gasteiger partial charge in [-0.2, -0.15) is 0 Å². The quantitative estimate of drug-likeness (QED) is 0.857. The van der Waals surface area contributed by atoms with E-state index < -0.39 is 0 Å². The lowest BCUT2D eigenvalue weighted by atomic mass is 9.51. The molecule has 4 saturated carbocycles. The fourth-order valence-corrected chi connectivity index (χ4v) is 5.72. The van der Waals surface area contributed by atoms with Crippen molar-refractivity contribution in [1.82, 2.24) is 10.2 Å². The van der Waals surface area contributed by atoms with Crippen LogP contribution in [0, 0.1) is 29.6 Å². The van der Waals surface area contributed by atoms with Crippen molar-refractivity contribution in [3.05, 3.63) is 0 Å². The Balaban J connectivity index is 1.40. The lowest BCUT2D eigenvalue weighted by molar-refractivity contribution is -0.149. The average molecular weight is 292 g/mol. The van der Waals surface area contributed by atoms with Crippen LogP contribution in [0.15, 0.2) is 0 Å². The number of amides is 1. The van der Waals surface area contributed by atoms with Crippen molar-refractivity contribution < 1.29 is 9.53 Å². The van der Waals surface area contributed by atoms with E-state index in [0.717, 1.165) is 38.1 Å². The van der Waals surface area contributed by atoms with Gasteiger partial charge in [0.25, 0.3) is 0 Å². The van der Waals surface area contributed by atoms with Gasteiger partial charge in [-0.3, -0.25) is 4.79 Å². The molecule has 0 aromatic carbocycles. The highest BCUT2D eigenvalue weighted by atomic mass is 16.5. The lowest BCUT2D eigenvalue weighted by Crippen LogP contribution is -2.53. The molecule has 1 heterocycles. The van der Waals surface area contributed by atoms with E-state index in [4.69, 9.17) is 4.74 Å². The maximum Gasteiger partial charge on any atom is 0.226 e. The van der Waals surface area contributed by atoms with Crippen molar-refractivity contribution in [3.63, 3.8) is 0 Å². The molecule has 4 heteroatoms. The fourth-order valence-electron chi connectivity index (χ4n) is 5.72. The summed E-state index contributed by atoms with van der Waals surface area (Å²) in [7, 11) is 1.98. The summed E-state index contributed by atoms with van der Waals surface area (Å²) in [6.07, 6.45) is 6.89. The molecular formula is C17H28N2O2. The van der Waals surface area contributed by atoms with Gasteiger partial charge in [0.2, 0.25) is 5.91 Å². The van der Waals surface area contributed by atoms with Crippen molar-refractivity contribution in [3.8, 4) is 0 Å². The third-order valence-electron chi connectivity index (χ3n) is 6.37. The number of likely N-dealkylation sites (N-methyl/N-ethyl adjacent to an activating group) is 1. The minimum absolute atomic E-state index is 0.171. The first-order valence-electron chi connectivity index (χ1n) is 8.78. The molecule has 0 spiro atoms. The number of hydrogen-bond donors (Lipinski definition) is 1. The first kappa shape index (κ1) is 14.0. The molecule has 1 aliphatic heterocycles. The number of hydrogen-bond acceptors (Lipinski definition) is 3. The maximum atomic E-state index is 13.0. The van der Waals surface area contributed by atoms with E-state index in [2.05, 4.69) is 5.32 Å². The topological polar surface area (TPSA) is 41.6 Å². The first-order valence-corrected chi connectivity index (χ1v) is 8.78. The van der Waals surface area contributed by atoms with Crippen molar-refractivity contribution in [1.29, 1.82) is 0 Å². The van der Waals surface area contributed by atoms with Gasteiger partial charge in [0.05, 0.1) is 12.7 Å². The van der Waals surface area contributed by atoms with E-state index >= 15 is 0 Å². The van der Waals surface area contributed by atoms with Gasteiger partial charge < -0.3 is 15.0 Å². The van der Waals surface area contributed by atoms with Gasteiger partial charge >= 0.3 is 0 Å². The van der Waals surface area contributed by atoms with E-state index in [9.17, 15) is 4.79 Å². The standard InChI is InChI=1S/C17H28N2O2/c1-19(10-15-9-18-2-3-21-15)17(20)16-13-5-11-4-12(7-13)8-14(16)6-11/h11-16,18H,2-10H2,1H3. The number of carbonyl (C=O) groups is 1. The highest BCUT2D eigenvalue weighted by Gasteiger charge is 2.51. The molecule has 5 fully saturated rings. The summed E-state index contributed by atoms with van der Waals surface area (Å²) in [6, 6.07) is 0. The average Bonchev–Trinajstić information content (AvgIpc) is 2.47. The van der Waals surface area contributed by atoms with Crippen LogP contribution >= 0.6 is 0 Å². The van der Waals surface area contributed by atoms with Crippen LogP contribution in [0.4, 0.5) is 0 Å². The third-order valence-corrected chi connectivity index (χ3v) is 6.37. The van der Waals surface area contributed by atoms with Gasteiger partial charge in [-0.25, -0.2) is 0 Å².